The first-order valence-electron chi connectivity index (χ1n) is 6.39. The fourth-order valence-electron chi connectivity index (χ4n) is 2.13. The monoisotopic (exact) mass is 330 g/mol. The minimum atomic E-state index is -1.10. The molecular weight excluding hydrogens is 320 g/mol. The van der Waals surface area contributed by atoms with Gasteiger partial charge in [0.15, 0.2) is 0 Å². The van der Waals surface area contributed by atoms with Crippen LogP contribution in [0.25, 0.3) is 10.2 Å². The van der Waals surface area contributed by atoms with Gasteiger partial charge in [-0.3, -0.25) is 10.1 Å². The first-order chi connectivity index (χ1) is 11.0. The summed E-state index contributed by atoms with van der Waals surface area (Å²) in [4.78, 5) is 26.0. The van der Waals surface area contributed by atoms with Crippen LogP contribution in [0, 0.1) is 10.1 Å². The number of nitrogens with two attached hydrogens (primary N) is 1. The maximum Gasteiger partial charge on any atom is 0.348 e. The van der Waals surface area contributed by atoms with Crippen LogP contribution in [0.3, 0.4) is 0 Å². The number of aromatic carboxylic acids is 1. The lowest BCUT2D eigenvalue weighted by Crippen LogP contribution is -1.98. The highest BCUT2D eigenvalue weighted by atomic mass is 32.1. The van der Waals surface area contributed by atoms with Gasteiger partial charge in [-0.05, 0) is 18.2 Å². The molecule has 2 aromatic heterocycles. The van der Waals surface area contributed by atoms with E-state index in [0.29, 0.717) is 21.6 Å². The summed E-state index contributed by atoms with van der Waals surface area (Å²) in [7, 11) is 0. The zero-order valence-corrected chi connectivity index (χ0v) is 12.3. The Morgan fingerprint density at radius 2 is 2.00 bits per heavy atom. The van der Waals surface area contributed by atoms with E-state index in [1.807, 2.05) is 0 Å². The van der Waals surface area contributed by atoms with Crippen molar-refractivity contribution in [2.24, 2.45) is 0 Å². The molecule has 23 heavy (non-hydrogen) atoms. The standard InChI is InChI=1S/C14H10N4O4S/c15-11-10-9(5-6-16-13(10)23-12(11)14(19)20)17-7-1-3-8(4-2-7)18(21)22/h1-6H,15H2,(H,16,17)(H,19,20). The summed E-state index contributed by atoms with van der Waals surface area (Å²) >= 11 is 0.998. The van der Waals surface area contributed by atoms with Crippen LogP contribution >= 0.6 is 11.3 Å². The Labute approximate surface area is 133 Å². The second kappa shape index (κ2) is 5.54. The fourth-order valence-corrected chi connectivity index (χ4v) is 3.06. The average molecular weight is 330 g/mol. The van der Waals surface area contributed by atoms with E-state index in [-0.39, 0.29) is 16.3 Å². The van der Waals surface area contributed by atoms with Crippen LogP contribution in [0.4, 0.5) is 22.7 Å². The van der Waals surface area contributed by atoms with Crippen molar-refractivity contribution in [1.29, 1.82) is 0 Å². The van der Waals surface area contributed by atoms with Crippen molar-refractivity contribution in [2.75, 3.05) is 11.1 Å². The SMILES string of the molecule is Nc1c(C(=O)O)sc2nccc(Nc3ccc([N+](=O)[O-])cc3)c12. The van der Waals surface area contributed by atoms with E-state index in [0.717, 1.165) is 11.3 Å². The topological polar surface area (TPSA) is 131 Å². The number of nitro groups is 1. The van der Waals surface area contributed by atoms with Gasteiger partial charge in [-0.25, -0.2) is 9.78 Å². The first-order valence-corrected chi connectivity index (χ1v) is 7.21. The van der Waals surface area contributed by atoms with Gasteiger partial charge in [0.2, 0.25) is 0 Å². The number of hydrogen-bond donors (Lipinski definition) is 3. The van der Waals surface area contributed by atoms with Crippen LogP contribution in [0.2, 0.25) is 0 Å². The molecule has 0 radical (unpaired) electrons. The number of thiophene rings is 1. The van der Waals surface area contributed by atoms with E-state index < -0.39 is 10.9 Å². The van der Waals surface area contributed by atoms with Gasteiger partial charge in [0.25, 0.3) is 5.69 Å². The molecule has 0 saturated carbocycles. The summed E-state index contributed by atoms with van der Waals surface area (Å²) in [5, 5.41) is 23.4. The van der Waals surface area contributed by atoms with Crippen LogP contribution in [-0.4, -0.2) is 21.0 Å². The van der Waals surface area contributed by atoms with Crippen molar-refractivity contribution in [3.8, 4) is 0 Å². The predicted octanol–water partition coefficient (Wildman–Crippen LogP) is 3.23. The van der Waals surface area contributed by atoms with E-state index in [2.05, 4.69) is 10.3 Å². The molecule has 0 amide bonds. The smallest absolute Gasteiger partial charge is 0.348 e. The van der Waals surface area contributed by atoms with Gasteiger partial charge < -0.3 is 16.2 Å². The Kier molecular flexibility index (Phi) is 3.54. The molecule has 0 unspecified atom stereocenters. The van der Waals surface area contributed by atoms with E-state index in [1.165, 1.54) is 18.3 Å². The van der Waals surface area contributed by atoms with E-state index in [4.69, 9.17) is 10.8 Å². The number of hydrogen-bond acceptors (Lipinski definition) is 7. The zero-order valence-electron chi connectivity index (χ0n) is 11.5. The molecular formula is C14H10N4O4S. The van der Waals surface area contributed by atoms with E-state index in [9.17, 15) is 14.9 Å². The van der Waals surface area contributed by atoms with Crippen LogP contribution in [0.5, 0.6) is 0 Å². The molecule has 116 valence electrons. The van der Waals surface area contributed by atoms with Crippen LogP contribution < -0.4 is 11.1 Å². The third kappa shape index (κ3) is 2.64. The number of nitrogen functional groups attached to an aromatic ring is 1. The second-order valence-corrected chi connectivity index (χ2v) is 5.62. The summed E-state index contributed by atoms with van der Waals surface area (Å²) in [5.74, 6) is -1.10. The van der Waals surface area contributed by atoms with Gasteiger partial charge in [-0.1, -0.05) is 0 Å². The number of fused-ring (bicyclic) bond motifs is 1. The number of pyridine rings is 1. The molecule has 0 aliphatic rings. The quantitative estimate of drug-likeness (QED) is 0.494. The number of aromatic nitrogens is 1. The third-order valence-corrected chi connectivity index (χ3v) is 4.28. The molecule has 0 atom stereocenters. The molecule has 0 spiro atoms. The second-order valence-electron chi connectivity index (χ2n) is 4.62. The van der Waals surface area contributed by atoms with Crippen molar-refractivity contribution in [3.05, 3.63) is 51.5 Å². The van der Waals surface area contributed by atoms with Gasteiger partial charge in [-0.2, -0.15) is 0 Å². The maximum atomic E-state index is 11.2. The first kappa shape index (κ1) is 14.7. The summed E-state index contributed by atoms with van der Waals surface area (Å²) in [6.45, 7) is 0. The molecule has 3 aromatic rings. The number of nitrogens with one attached hydrogen (secondary N) is 1. The van der Waals surface area contributed by atoms with Crippen molar-refractivity contribution in [1.82, 2.24) is 4.98 Å². The lowest BCUT2D eigenvalue weighted by atomic mass is 10.2. The number of non-ortho nitro benzene ring substituents is 1. The van der Waals surface area contributed by atoms with Crippen molar-refractivity contribution >= 4 is 50.3 Å². The van der Waals surface area contributed by atoms with Crippen LogP contribution in [0.1, 0.15) is 9.67 Å². The number of carboxylic acid groups (broad SMARTS) is 1. The normalized spacial score (nSPS) is 10.6. The molecule has 3 rings (SSSR count). The molecule has 4 N–H and O–H groups in total. The van der Waals surface area contributed by atoms with Gasteiger partial charge in [0.05, 0.1) is 21.7 Å². The average Bonchev–Trinajstić information content (AvgIpc) is 2.86. The lowest BCUT2D eigenvalue weighted by molar-refractivity contribution is -0.384. The molecule has 2 heterocycles. The molecule has 0 bridgehead atoms. The Morgan fingerprint density at radius 1 is 1.30 bits per heavy atom. The molecule has 0 saturated heterocycles. The third-order valence-electron chi connectivity index (χ3n) is 3.18. The number of anilines is 3. The van der Waals surface area contributed by atoms with Crippen molar-refractivity contribution in [3.63, 3.8) is 0 Å². The minimum absolute atomic E-state index is 0.0152. The van der Waals surface area contributed by atoms with Crippen molar-refractivity contribution in [2.45, 2.75) is 0 Å². The van der Waals surface area contributed by atoms with Crippen molar-refractivity contribution < 1.29 is 14.8 Å². The highest BCUT2D eigenvalue weighted by molar-refractivity contribution is 7.21. The summed E-state index contributed by atoms with van der Waals surface area (Å²) in [6.07, 6.45) is 1.54. The lowest BCUT2D eigenvalue weighted by Gasteiger charge is -2.08. The minimum Gasteiger partial charge on any atom is -0.477 e. The Morgan fingerprint density at radius 3 is 2.61 bits per heavy atom. The predicted molar refractivity (Wildman–Crippen MR) is 87.4 cm³/mol. The molecule has 0 fully saturated rings. The maximum absolute atomic E-state index is 11.2. The summed E-state index contributed by atoms with van der Waals surface area (Å²) in [6, 6.07) is 7.54. The highest BCUT2D eigenvalue weighted by Gasteiger charge is 2.18. The van der Waals surface area contributed by atoms with E-state index >= 15 is 0 Å². The molecule has 0 aliphatic heterocycles. The van der Waals surface area contributed by atoms with E-state index in [1.54, 1.807) is 18.2 Å². The largest absolute Gasteiger partial charge is 0.477 e. The molecule has 0 aliphatic carbocycles. The Balaban J connectivity index is 2.03. The Hall–Kier alpha value is -3.20. The molecule has 9 heteroatoms. The summed E-state index contributed by atoms with van der Waals surface area (Å²) in [5.41, 5.74) is 7.26. The highest BCUT2D eigenvalue weighted by Crippen LogP contribution is 2.38. The van der Waals surface area contributed by atoms with Crippen LogP contribution in [0.15, 0.2) is 36.5 Å². The number of nitro benzene ring substituents is 1. The number of benzene rings is 1. The van der Waals surface area contributed by atoms with Gasteiger partial charge in [0.1, 0.15) is 9.71 Å². The summed E-state index contributed by atoms with van der Waals surface area (Å²) < 4.78 is 0. The number of carbonyl (C=O) groups is 1. The molecule has 1 aromatic carbocycles. The van der Waals surface area contributed by atoms with Gasteiger partial charge >= 0.3 is 5.97 Å². The zero-order chi connectivity index (χ0) is 16.6. The fraction of sp³-hybridized carbons (Fsp3) is 0. The number of nitrogens with zero attached hydrogens (tertiary/aromatic N) is 2. The Bertz CT molecular complexity index is 920. The van der Waals surface area contributed by atoms with Gasteiger partial charge in [-0.15, -0.1) is 11.3 Å². The number of rotatable bonds is 4. The van der Waals surface area contributed by atoms with Gasteiger partial charge in [0, 0.05) is 24.0 Å². The van der Waals surface area contributed by atoms with Crippen LogP contribution in [-0.2, 0) is 0 Å². The molecule has 8 nitrogen and oxygen atoms in total. The number of carboxylic acids is 1.